The van der Waals surface area contributed by atoms with Crippen LogP contribution in [0.4, 0.5) is 0 Å². The lowest BCUT2D eigenvalue weighted by Gasteiger charge is -2.17. The van der Waals surface area contributed by atoms with Gasteiger partial charge in [-0.1, -0.05) is 12.1 Å². The molecule has 160 valence electrons. The summed E-state index contributed by atoms with van der Waals surface area (Å²) in [5.74, 6) is 0.804. The van der Waals surface area contributed by atoms with Crippen molar-refractivity contribution in [2.45, 2.75) is 63.0 Å². The minimum atomic E-state index is -0.0505. The third kappa shape index (κ3) is 6.93. The molecule has 7 heteroatoms. The molecule has 0 radical (unpaired) electrons. The van der Waals surface area contributed by atoms with Crippen LogP contribution in [0.2, 0.25) is 0 Å². The first-order valence-electron chi connectivity index (χ1n) is 10.7. The van der Waals surface area contributed by atoms with Crippen molar-refractivity contribution in [3.8, 4) is 0 Å². The maximum absolute atomic E-state index is 12.5. The third-order valence-electron chi connectivity index (χ3n) is 5.53. The number of ether oxygens (including phenoxy) is 1. The first-order valence-corrected chi connectivity index (χ1v) is 12.0. The molecule has 1 saturated carbocycles. The molecular weight excluding hydrogens is 384 g/mol. The lowest BCUT2D eigenvalue weighted by Crippen LogP contribution is -2.42. The highest BCUT2D eigenvalue weighted by Gasteiger charge is 2.24. The number of hydrogen-bond donors (Lipinski definition) is 3. The molecule has 3 unspecified atom stereocenters. The molecule has 1 heterocycles. The van der Waals surface area contributed by atoms with E-state index in [1.165, 1.54) is 19.3 Å². The number of guanidine groups is 1. The lowest BCUT2D eigenvalue weighted by atomic mass is 10.1. The second-order valence-electron chi connectivity index (χ2n) is 7.75. The van der Waals surface area contributed by atoms with Crippen LogP contribution in [0.25, 0.3) is 0 Å². The van der Waals surface area contributed by atoms with Crippen LogP contribution in [-0.4, -0.2) is 55.2 Å². The van der Waals surface area contributed by atoms with Gasteiger partial charge in [0, 0.05) is 36.6 Å². The average Bonchev–Trinajstić information content (AvgIpc) is 3.42. The van der Waals surface area contributed by atoms with E-state index in [1.807, 2.05) is 36.0 Å². The summed E-state index contributed by atoms with van der Waals surface area (Å²) < 4.78 is 5.57. The molecule has 0 spiro atoms. The lowest BCUT2D eigenvalue weighted by molar-refractivity contribution is 0.0857. The number of carbonyl (C=O) groups excluding carboxylic acids is 1. The van der Waals surface area contributed by atoms with Crippen LogP contribution in [0, 0.1) is 0 Å². The molecule has 2 aliphatic rings. The van der Waals surface area contributed by atoms with Crippen LogP contribution in [0.15, 0.2) is 29.3 Å². The minimum absolute atomic E-state index is 0.0505. The van der Waals surface area contributed by atoms with E-state index in [0.29, 0.717) is 24.7 Å². The Morgan fingerprint density at radius 2 is 2.17 bits per heavy atom. The normalized spacial score (nSPS) is 24.5. The fourth-order valence-electron chi connectivity index (χ4n) is 3.89. The van der Waals surface area contributed by atoms with E-state index in [4.69, 9.17) is 9.73 Å². The molecule has 3 rings (SSSR count). The number of benzene rings is 1. The molecule has 6 nitrogen and oxygen atoms in total. The average molecular weight is 419 g/mol. The molecule has 29 heavy (non-hydrogen) atoms. The molecule has 1 amide bonds. The summed E-state index contributed by atoms with van der Waals surface area (Å²) in [7, 11) is 0. The molecule has 1 aliphatic carbocycles. The Morgan fingerprint density at radius 3 is 2.90 bits per heavy atom. The Balaban J connectivity index is 1.54. The number of thioether (sulfide) groups is 1. The minimum Gasteiger partial charge on any atom is -0.376 e. The monoisotopic (exact) mass is 418 g/mol. The van der Waals surface area contributed by atoms with Gasteiger partial charge >= 0.3 is 0 Å². The number of nitrogens with zero attached hydrogens (tertiary/aromatic N) is 1. The van der Waals surface area contributed by atoms with Crippen molar-refractivity contribution in [1.29, 1.82) is 0 Å². The van der Waals surface area contributed by atoms with Crippen LogP contribution in [0.5, 0.6) is 0 Å². The number of rotatable bonds is 8. The molecule has 0 aromatic heterocycles. The molecule has 3 N–H and O–H groups in total. The number of nitrogens with one attached hydrogen (secondary N) is 3. The van der Waals surface area contributed by atoms with Gasteiger partial charge in [0.05, 0.1) is 12.6 Å². The first-order chi connectivity index (χ1) is 14.2. The quantitative estimate of drug-likeness (QED) is 0.447. The molecule has 1 aromatic rings. The van der Waals surface area contributed by atoms with Crippen LogP contribution < -0.4 is 16.0 Å². The Kier molecular flexibility index (Phi) is 8.68. The zero-order valence-electron chi connectivity index (χ0n) is 17.6. The van der Waals surface area contributed by atoms with Gasteiger partial charge in [-0.25, -0.2) is 4.99 Å². The van der Waals surface area contributed by atoms with Crippen LogP contribution in [0.1, 0.15) is 54.9 Å². The third-order valence-corrected chi connectivity index (χ3v) is 6.62. The van der Waals surface area contributed by atoms with Crippen molar-refractivity contribution in [3.05, 3.63) is 35.4 Å². The Labute approximate surface area is 178 Å². The highest BCUT2D eigenvalue weighted by Crippen LogP contribution is 2.28. The van der Waals surface area contributed by atoms with E-state index in [2.05, 4.69) is 29.1 Å². The molecule has 2 fully saturated rings. The van der Waals surface area contributed by atoms with Gasteiger partial charge in [-0.2, -0.15) is 11.8 Å². The van der Waals surface area contributed by atoms with E-state index in [0.717, 1.165) is 42.8 Å². The van der Waals surface area contributed by atoms with Gasteiger partial charge in [0.1, 0.15) is 0 Å². The van der Waals surface area contributed by atoms with Gasteiger partial charge < -0.3 is 20.7 Å². The van der Waals surface area contributed by atoms with Crippen molar-refractivity contribution in [3.63, 3.8) is 0 Å². The summed E-state index contributed by atoms with van der Waals surface area (Å²) in [6, 6.07) is 8.20. The van der Waals surface area contributed by atoms with Gasteiger partial charge in [0.2, 0.25) is 0 Å². The summed E-state index contributed by atoms with van der Waals surface area (Å²) in [6.07, 6.45) is 8.09. The van der Waals surface area contributed by atoms with E-state index < -0.39 is 0 Å². The number of hydrogen-bond acceptors (Lipinski definition) is 4. The zero-order chi connectivity index (χ0) is 20.5. The largest absolute Gasteiger partial charge is 0.376 e. The van der Waals surface area contributed by atoms with E-state index in [-0.39, 0.29) is 12.0 Å². The van der Waals surface area contributed by atoms with Crippen molar-refractivity contribution >= 4 is 23.6 Å². The number of carbonyl (C=O) groups is 1. The van der Waals surface area contributed by atoms with E-state index in [9.17, 15) is 4.79 Å². The second-order valence-corrected chi connectivity index (χ2v) is 8.89. The Bertz CT molecular complexity index is 691. The summed E-state index contributed by atoms with van der Waals surface area (Å²) in [4.78, 5) is 17.2. The first kappa shape index (κ1) is 22.0. The maximum atomic E-state index is 12.5. The predicted molar refractivity (Wildman–Crippen MR) is 121 cm³/mol. The van der Waals surface area contributed by atoms with Gasteiger partial charge in [0.25, 0.3) is 5.91 Å². The van der Waals surface area contributed by atoms with Gasteiger partial charge in [0.15, 0.2) is 5.96 Å². The van der Waals surface area contributed by atoms with Gasteiger partial charge in [-0.05, 0) is 63.0 Å². The maximum Gasteiger partial charge on any atom is 0.251 e. The smallest absolute Gasteiger partial charge is 0.251 e. The van der Waals surface area contributed by atoms with Crippen LogP contribution in [-0.2, 0) is 11.3 Å². The van der Waals surface area contributed by atoms with Crippen LogP contribution >= 0.6 is 11.8 Å². The summed E-state index contributed by atoms with van der Waals surface area (Å²) in [5.41, 5.74) is 1.70. The highest BCUT2D eigenvalue weighted by atomic mass is 32.2. The highest BCUT2D eigenvalue weighted by molar-refractivity contribution is 7.99. The van der Waals surface area contributed by atoms with Crippen molar-refractivity contribution in [2.75, 3.05) is 26.0 Å². The predicted octanol–water partition coefficient (Wildman–Crippen LogP) is 2.93. The standard InChI is InChI=1S/C22H34N4O2S/c1-3-23-22(26-18-9-10-20(13-18)29-2)25-14-16-6-4-7-17(12-16)21(27)24-15-19-8-5-11-28-19/h4,6-7,12,18-20H,3,5,8-11,13-15H2,1-2H3,(H,24,27)(H2,23,25,26). The van der Waals surface area contributed by atoms with E-state index >= 15 is 0 Å². The van der Waals surface area contributed by atoms with Crippen molar-refractivity contribution < 1.29 is 9.53 Å². The van der Waals surface area contributed by atoms with Crippen molar-refractivity contribution in [2.24, 2.45) is 4.99 Å². The number of aliphatic imine (C=N–C) groups is 1. The molecule has 1 aliphatic heterocycles. The van der Waals surface area contributed by atoms with E-state index in [1.54, 1.807) is 0 Å². The SMILES string of the molecule is CCNC(=NCc1cccc(C(=O)NCC2CCCO2)c1)NC1CCC(SC)C1. The van der Waals surface area contributed by atoms with Crippen LogP contribution in [0.3, 0.4) is 0 Å². The molecule has 1 saturated heterocycles. The second kappa shape index (κ2) is 11.5. The molecule has 1 aromatic carbocycles. The molecule has 0 bridgehead atoms. The Hall–Kier alpha value is -1.73. The topological polar surface area (TPSA) is 74.8 Å². The summed E-state index contributed by atoms with van der Waals surface area (Å²) in [5, 5.41) is 10.6. The van der Waals surface area contributed by atoms with Crippen molar-refractivity contribution in [1.82, 2.24) is 16.0 Å². The Morgan fingerprint density at radius 1 is 1.28 bits per heavy atom. The fraction of sp³-hybridized carbons (Fsp3) is 0.636. The fourth-order valence-corrected chi connectivity index (χ4v) is 4.69. The number of amides is 1. The van der Waals surface area contributed by atoms with Gasteiger partial charge in [-0.3, -0.25) is 4.79 Å². The van der Waals surface area contributed by atoms with Gasteiger partial charge in [-0.15, -0.1) is 0 Å². The zero-order valence-corrected chi connectivity index (χ0v) is 18.4. The summed E-state index contributed by atoms with van der Waals surface area (Å²) >= 11 is 1.96. The molecular formula is C22H34N4O2S. The molecule has 3 atom stereocenters. The summed E-state index contributed by atoms with van der Waals surface area (Å²) in [6.45, 7) is 4.83.